The quantitative estimate of drug-likeness (QED) is 0.519. The van der Waals surface area contributed by atoms with Crippen molar-refractivity contribution in [1.29, 1.82) is 0 Å². The van der Waals surface area contributed by atoms with E-state index in [4.69, 9.17) is 0 Å². The summed E-state index contributed by atoms with van der Waals surface area (Å²) in [5.74, 6) is 0. The van der Waals surface area contributed by atoms with Crippen LogP contribution in [0.15, 0.2) is 42.5 Å². The first-order chi connectivity index (χ1) is 5.38. The second kappa shape index (κ2) is 2.64. The lowest BCUT2D eigenvalue weighted by Crippen LogP contribution is -1.84. The normalized spacial score (nSPS) is 10.3. The molecule has 2 aliphatic carbocycles. The summed E-state index contributed by atoms with van der Waals surface area (Å²) in [6.07, 6.45) is 0. The minimum absolute atomic E-state index is 1.27. The second-order valence-corrected chi connectivity index (χ2v) is 3.19. The summed E-state index contributed by atoms with van der Waals surface area (Å²) in [4.78, 5) is 0. The molecule has 0 bridgehead atoms. The molecule has 11 heavy (non-hydrogen) atoms. The maximum absolute atomic E-state index is 2.74. The molecule has 1 atom stereocenters. The van der Waals surface area contributed by atoms with E-state index in [1.165, 1.54) is 16.4 Å². The number of fused-ring (bicyclic) bond motifs is 1. The molecule has 0 N–H and O–H groups in total. The molecule has 0 nitrogen and oxygen atoms in total. The smallest absolute Gasteiger partial charge is 0.0112 e. The SMILES string of the molecule is Pc1ccc2cccccc1-2. The summed E-state index contributed by atoms with van der Waals surface area (Å²) < 4.78 is 0. The molecule has 0 saturated carbocycles. The Labute approximate surface area is 68.8 Å². The topological polar surface area (TPSA) is 0 Å². The maximum Gasteiger partial charge on any atom is -0.0112 e. The molecule has 0 spiro atoms. The van der Waals surface area contributed by atoms with Gasteiger partial charge in [-0.25, -0.2) is 0 Å². The van der Waals surface area contributed by atoms with Crippen LogP contribution in [0.4, 0.5) is 0 Å². The standard InChI is InChI=1S/C10H9P/c11-10-7-6-8-4-2-1-3-5-9(8)10/h1-7H,11H2. The fraction of sp³-hybridized carbons (Fsp3) is 0. The van der Waals surface area contributed by atoms with Crippen molar-refractivity contribution in [2.75, 3.05) is 0 Å². The van der Waals surface area contributed by atoms with Crippen LogP contribution in [0.5, 0.6) is 0 Å². The lowest BCUT2D eigenvalue weighted by atomic mass is 10.2. The van der Waals surface area contributed by atoms with Gasteiger partial charge in [0, 0.05) is 0 Å². The largest absolute Gasteiger partial charge is 0.105 e. The van der Waals surface area contributed by atoms with Gasteiger partial charge in [-0.3, -0.25) is 0 Å². The minimum atomic E-state index is 1.27. The van der Waals surface area contributed by atoms with Crippen LogP contribution in [-0.4, -0.2) is 0 Å². The third-order valence-electron chi connectivity index (χ3n) is 1.83. The first-order valence-electron chi connectivity index (χ1n) is 3.61. The summed E-state index contributed by atoms with van der Waals surface area (Å²) in [6, 6.07) is 14.7. The van der Waals surface area contributed by atoms with E-state index in [9.17, 15) is 0 Å². The van der Waals surface area contributed by atoms with Gasteiger partial charge < -0.3 is 0 Å². The Hall–Kier alpha value is -0.870. The van der Waals surface area contributed by atoms with Crippen LogP contribution in [0, 0.1) is 0 Å². The van der Waals surface area contributed by atoms with Crippen molar-refractivity contribution in [3.63, 3.8) is 0 Å². The molecule has 0 aromatic carbocycles. The molecule has 1 unspecified atom stereocenters. The van der Waals surface area contributed by atoms with Gasteiger partial charge in [0.1, 0.15) is 0 Å². The van der Waals surface area contributed by atoms with Crippen molar-refractivity contribution in [1.82, 2.24) is 0 Å². The van der Waals surface area contributed by atoms with Crippen LogP contribution in [0.1, 0.15) is 0 Å². The Bertz CT molecular complexity index is 341. The molecule has 0 heterocycles. The van der Waals surface area contributed by atoms with Crippen LogP contribution < -0.4 is 5.30 Å². The summed E-state index contributed by atoms with van der Waals surface area (Å²) in [5.41, 5.74) is 2.63. The van der Waals surface area contributed by atoms with Crippen molar-refractivity contribution in [3.05, 3.63) is 42.5 Å². The molecule has 1 heteroatoms. The molecule has 0 fully saturated rings. The lowest BCUT2D eigenvalue weighted by Gasteiger charge is -1.91. The summed E-state index contributed by atoms with van der Waals surface area (Å²) in [5, 5.41) is 1.27. The highest BCUT2D eigenvalue weighted by molar-refractivity contribution is 7.28. The summed E-state index contributed by atoms with van der Waals surface area (Å²) >= 11 is 0. The minimum Gasteiger partial charge on any atom is -0.105 e. The highest BCUT2D eigenvalue weighted by atomic mass is 31.0. The van der Waals surface area contributed by atoms with E-state index in [0.717, 1.165) is 0 Å². The molecule has 0 aromatic heterocycles. The zero-order valence-electron chi connectivity index (χ0n) is 6.12. The van der Waals surface area contributed by atoms with Gasteiger partial charge in [0.15, 0.2) is 0 Å². The average Bonchev–Trinajstić information content (AvgIpc) is 2.25. The Kier molecular flexibility index (Phi) is 1.63. The Morgan fingerprint density at radius 1 is 0.818 bits per heavy atom. The fourth-order valence-corrected chi connectivity index (χ4v) is 1.60. The van der Waals surface area contributed by atoms with E-state index in [-0.39, 0.29) is 0 Å². The molecule has 0 aliphatic heterocycles. The predicted molar refractivity (Wildman–Crippen MR) is 52.4 cm³/mol. The molecule has 2 rings (SSSR count). The third kappa shape index (κ3) is 1.15. The molecular formula is C10H9P. The van der Waals surface area contributed by atoms with E-state index in [0.29, 0.717) is 0 Å². The van der Waals surface area contributed by atoms with Crippen LogP contribution >= 0.6 is 9.24 Å². The van der Waals surface area contributed by atoms with Crippen molar-refractivity contribution < 1.29 is 0 Å². The molecule has 54 valence electrons. The number of rotatable bonds is 0. The predicted octanol–water partition coefficient (Wildman–Crippen LogP) is 2.29. The Balaban J connectivity index is 2.75. The van der Waals surface area contributed by atoms with Gasteiger partial charge in [0.05, 0.1) is 0 Å². The van der Waals surface area contributed by atoms with Gasteiger partial charge in [0.25, 0.3) is 0 Å². The maximum atomic E-state index is 2.74. The number of hydrogen-bond donors (Lipinski definition) is 0. The highest BCUT2D eigenvalue weighted by Gasteiger charge is 2.01. The summed E-state index contributed by atoms with van der Waals surface area (Å²) in [6.45, 7) is 0. The molecule has 2 aliphatic rings. The van der Waals surface area contributed by atoms with Crippen molar-refractivity contribution in [3.8, 4) is 11.1 Å². The zero-order chi connectivity index (χ0) is 7.68. The van der Waals surface area contributed by atoms with Gasteiger partial charge in [-0.15, -0.1) is 9.24 Å². The van der Waals surface area contributed by atoms with Gasteiger partial charge >= 0.3 is 0 Å². The first-order valence-corrected chi connectivity index (χ1v) is 4.19. The fourth-order valence-electron chi connectivity index (χ4n) is 1.24. The molecule has 0 saturated heterocycles. The van der Waals surface area contributed by atoms with Crippen LogP contribution in [0.3, 0.4) is 0 Å². The van der Waals surface area contributed by atoms with E-state index in [1.807, 2.05) is 6.07 Å². The van der Waals surface area contributed by atoms with Crippen molar-refractivity contribution in [2.24, 2.45) is 0 Å². The molecule has 0 amide bonds. The van der Waals surface area contributed by atoms with Gasteiger partial charge in [-0.1, -0.05) is 42.5 Å². The number of hydrogen-bond acceptors (Lipinski definition) is 0. The third-order valence-corrected chi connectivity index (χ3v) is 2.33. The van der Waals surface area contributed by atoms with Crippen LogP contribution in [0.2, 0.25) is 0 Å². The van der Waals surface area contributed by atoms with Gasteiger partial charge in [0.2, 0.25) is 0 Å². The van der Waals surface area contributed by atoms with E-state index >= 15 is 0 Å². The van der Waals surface area contributed by atoms with E-state index in [1.54, 1.807) is 0 Å². The highest BCUT2D eigenvalue weighted by Crippen LogP contribution is 2.20. The van der Waals surface area contributed by atoms with Crippen molar-refractivity contribution in [2.45, 2.75) is 0 Å². The van der Waals surface area contributed by atoms with Gasteiger partial charge in [-0.05, 0) is 16.4 Å². The van der Waals surface area contributed by atoms with Crippen molar-refractivity contribution >= 4 is 14.5 Å². The van der Waals surface area contributed by atoms with Crippen LogP contribution in [0.25, 0.3) is 11.1 Å². The van der Waals surface area contributed by atoms with Crippen LogP contribution in [-0.2, 0) is 0 Å². The molecule has 0 radical (unpaired) electrons. The lowest BCUT2D eigenvalue weighted by molar-refractivity contribution is 1.85. The second-order valence-electron chi connectivity index (χ2n) is 2.57. The zero-order valence-corrected chi connectivity index (χ0v) is 7.27. The van der Waals surface area contributed by atoms with E-state index in [2.05, 4.69) is 45.6 Å². The van der Waals surface area contributed by atoms with Gasteiger partial charge in [-0.2, -0.15) is 0 Å². The Morgan fingerprint density at radius 3 is 2.55 bits per heavy atom. The van der Waals surface area contributed by atoms with E-state index < -0.39 is 0 Å². The molecule has 0 aromatic rings. The first kappa shape index (κ1) is 6.82. The molecular weight excluding hydrogens is 151 g/mol. The average molecular weight is 160 g/mol. The Morgan fingerprint density at radius 2 is 1.64 bits per heavy atom. The monoisotopic (exact) mass is 160 g/mol. The summed E-state index contributed by atoms with van der Waals surface area (Å²) in [7, 11) is 2.74.